The van der Waals surface area contributed by atoms with E-state index in [0.29, 0.717) is 18.2 Å². The summed E-state index contributed by atoms with van der Waals surface area (Å²) in [7, 11) is 1.88. The topological polar surface area (TPSA) is 57.9 Å². The molecule has 0 aliphatic heterocycles. The third-order valence-electron chi connectivity index (χ3n) is 2.88. The average Bonchev–Trinajstić information content (AvgIpc) is 2.46. The summed E-state index contributed by atoms with van der Waals surface area (Å²) in [4.78, 5) is 4.09. The lowest BCUT2D eigenvalue weighted by atomic mass is 10.1. The zero-order valence-corrected chi connectivity index (χ0v) is 11.0. The quantitative estimate of drug-likeness (QED) is 0.910. The highest BCUT2D eigenvalue weighted by atomic mass is 16.5. The van der Waals surface area contributed by atoms with E-state index in [2.05, 4.69) is 10.3 Å². The van der Waals surface area contributed by atoms with E-state index in [1.165, 1.54) is 0 Å². The molecule has 1 N–H and O–H groups in total. The standard InChI is InChI=1S/C15H15N3O/c1-11-5-3-7-14(17-2)13(11)10-19-15-8-4-6-12(9-16)18-15/h3-8,17H,10H2,1-2H3. The lowest BCUT2D eigenvalue weighted by molar-refractivity contribution is 0.293. The molecule has 4 nitrogen and oxygen atoms in total. The normalized spacial score (nSPS) is 9.74. The Kier molecular flexibility index (Phi) is 3.99. The number of aromatic nitrogens is 1. The summed E-state index contributed by atoms with van der Waals surface area (Å²) in [5.74, 6) is 0.462. The molecule has 4 heteroatoms. The van der Waals surface area contributed by atoms with Gasteiger partial charge in [-0.1, -0.05) is 18.2 Å². The summed E-state index contributed by atoms with van der Waals surface area (Å²) in [5, 5.41) is 11.9. The zero-order valence-electron chi connectivity index (χ0n) is 11.0. The van der Waals surface area contributed by atoms with Crippen LogP contribution in [0.4, 0.5) is 5.69 Å². The Morgan fingerprint density at radius 1 is 1.26 bits per heavy atom. The number of anilines is 1. The molecular weight excluding hydrogens is 238 g/mol. The van der Waals surface area contributed by atoms with Crippen LogP contribution >= 0.6 is 0 Å². The minimum absolute atomic E-state index is 0.358. The fourth-order valence-electron chi connectivity index (χ4n) is 1.83. The highest BCUT2D eigenvalue weighted by molar-refractivity contribution is 5.53. The summed E-state index contributed by atoms with van der Waals surface area (Å²) in [6, 6.07) is 13.2. The van der Waals surface area contributed by atoms with Gasteiger partial charge in [-0.3, -0.25) is 0 Å². The van der Waals surface area contributed by atoms with Crippen LogP contribution in [-0.4, -0.2) is 12.0 Å². The summed E-state index contributed by atoms with van der Waals surface area (Å²) in [5.41, 5.74) is 3.64. The number of benzene rings is 1. The van der Waals surface area contributed by atoms with Crippen LogP contribution < -0.4 is 10.1 Å². The number of ether oxygens (including phenoxy) is 1. The van der Waals surface area contributed by atoms with Crippen molar-refractivity contribution in [3.05, 3.63) is 53.2 Å². The van der Waals surface area contributed by atoms with E-state index >= 15 is 0 Å². The Morgan fingerprint density at radius 3 is 2.79 bits per heavy atom. The van der Waals surface area contributed by atoms with E-state index in [1.54, 1.807) is 18.2 Å². The minimum atomic E-state index is 0.358. The molecule has 1 aromatic heterocycles. The van der Waals surface area contributed by atoms with Gasteiger partial charge in [-0.25, -0.2) is 4.98 Å². The second-order valence-electron chi connectivity index (χ2n) is 4.11. The van der Waals surface area contributed by atoms with E-state index < -0.39 is 0 Å². The summed E-state index contributed by atoms with van der Waals surface area (Å²) >= 11 is 0. The average molecular weight is 253 g/mol. The molecule has 0 unspecified atom stereocenters. The van der Waals surface area contributed by atoms with Crippen LogP contribution in [0.15, 0.2) is 36.4 Å². The molecule has 0 amide bonds. The first kappa shape index (κ1) is 12.9. The van der Waals surface area contributed by atoms with E-state index in [4.69, 9.17) is 10.00 Å². The number of hydrogen-bond donors (Lipinski definition) is 1. The predicted octanol–water partition coefficient (Wildman–Crippen LogP) is 2.88. The maximum atomic E-state index is 8.80. The Balaban J connectivity index is 2.17. The fourth-order valence-corrected chi connectivity index (χ4v) is 1.83. The zero-order chi connectivity index (χ0) is 13.7. The summed E-state index contributed by atoms with van der Waals surface area (Å²) in [6.45, 7) is 2.46. The van der Waals surface area contributed by atoms with Crippen LogP contribution in [-0.2, 0) is 6.61 Å². The van der Waals surface area contributed by atoms with E-state index in [0.717, 1.165) is 16.8 Å². The van der Waals surface area contributed by atoms with Crippen molar-refractivity contribution >= 4 is 5.69 Å². The van der Waals surface area contributed by atoms with Crippen LogP contribution in [0.3, 0.4) is 0 Å². The molecule has 0 spiro atoms. The summed E-state index contributed by atoms with van der Waals surface area (Å²) in [6.07, 6.45) is 0. The number of nitrogens with zero attached hydrogens (tertiary/aromatic N) is 2. The van der Waals surface area contributed by atoms with Crippen molar-refractivity contribution in [1.29, 1.82) is 5.26 Å². The van der Waals surface area contributed by atoms with Crippen LogP contribution in [0.25, 0.3) is 0 Å². The van der Waals surface area contributed by atoms with Gasteiger partial charge in [0.1, 0.15) is 18.4 Å². The molecule has 1 heterocycles. The van der Waals surface area contributed by atoms with Gasteiger partial charge in [-0.05, 0) is 24.6 Å². The van der Waals surface area contributed by atoms with E-state index in [1.807, 2.05) is 38.2 Å². The maximum Gasteiger partial charge on any atom is 0.214 e. The number of pyridine rings is 1. The van der Waals surface area contributed by atoms with Crippen LogP contribution in [0.1, 0.15) is 16.8 Å². The molecule has 0 aliphatic carbocycles. The molecule has 0 atom stereocenters. The van der Waals surface area contributed by atoms with Crippen LogP contribution in [0.5, 0.6) is 5.88 Å². The molecule has 96 valence electrons. The monoisotopic (exact) mass is 253 g/mol. The van der Waals surface area contributed by atoms with Gasteiger partial charge in [-0.2, -0.15) is 5.26 Å². The number of hydrogen-bond acceptors (Lipinski definition) is 4. The Morgan fingerprint density at radius 2 is 2.05 bits per heavy atom. The maximum absolute atomic E-state index is 8.80. The number of aryl methyl sites for hydroxylation is 1. The fraction of sp³-hybridized carbons (Fsp3) is 0.200. The Bertz CT molecular complexity index is 617. The van der Waals surface area contributed by atoms with Crippen molar-refractivity contribution < 1.29 is 4.74 Å². The lowest BCUT2D eigenvalue weighted by Gasteiger charge is -2.13. The van der Waals surface area contributed by atoms with Gasteiger partial charge in [0.2, 0.25) is 5.88 Å². The summed E-state index contributed by atoms with van der Waals surface area (Å²) < 4.78 is 5.66. The largest absolute Gasteiger partial charge is 0.473 e. The second-order valence-corrected chi connectivity index (χ2v) is 4.11. The third kappa shape index (κ3) is 3.02. The van der Waals surface area contributed by atoms with Gasteiger partial charge in [0.05, 0.1) is 0 Å². The molecule has 0 saturated heterocycles. The van der Waals surface area contributed by atoms with Gasteiger partial charge in [0.25, 0.3) is 0 Å². The molecule has 0 radical (unpaired) electrons. The van der Waals surface area contributed by atoms with Crippen molar-refractivity contribution in [3.63, 3.8) is 0 Å². The van der Waals surface area contributed by atoms with Crippen molar-refractivity contribution in [2.75, 3.05) is 12.4 Å². The van der Waals surface area contributed by atoms with Crippen LogP contribution in [0, 0.1) is 18.3 Å². The first-order valence-electron chi connectivity index (χ1n) is 6.01. The minimum Gasteiger partial charge on any atom is -0.473 e. The number of rotatable bonds is 4. The SMILES string of the molecule is CNc1cccc(C)c1COc1cccc(C#N)n1. The predicted molar refractivity (Wildman–Crippen MR) is 74.0 cm³/mol. The van der Waals surface area contributed by atoms with E-state index in [9.17, 15) is 0 Å². The molecule has 0 bridgehead atoms. The highest BCUT2D eigenvalue weighted by Gasteiger charge is 2.06. The van der Waals surface area contributed by atoms with Crippen LogP contribution in [0.2, 0.25) is 0 Å². The van der Waals surface area contributed by atoms with Gasteiger partial charge in [-0.15, -0.1) is 0 Å². The van der Waals surface area contributed by atoms with E-state index in [-0.39, 0.29) is 0 Å². The smallest absolute Gasteiger partial charge is 0.214 e. The van der Waals surface area contributed by atoms with Gasteiger partial charge >= 0.3 is 0 Å². The third-order valence-corrected chi connectivity index (χ3v) is 2.88. The molecule has 0 aliphatic rings. The first-order valence-corrected chi connectivity index (χ1v) is 6.01. The van der Waals surface area contributed by atoms with Crippen molar-refractivity contribution in [1.82, 2.24) is 4.98 Å². The molecular formula is C15H15N3O. The molecule has 2 aromatic rings. The molecule has 2 rings (SSSR count). The van der Waals surface area contributed by atoms with Gasteiger partial charge in [0.15, 0.2) is 0 Å². The van der Waals surface area contributed by atoms with Gasteiger partial charge in [0, 0.05) is 24.4 Å². The Labute approximate surface area is 112 Å². The second kappa shape index (κ2) is 5.87. The first-order chi connectivity index (χ1) is 9.24. The molecule has 0 saturated carbocycles. The Hall–Kier alpha value is -2.54. The highest BCUT2D eigenvalue weighted by Crippen LogP contribution is 2.21. The van der Waals surface area contributed by atoms with Crippen molar-refractivity contribution in [3.8, 4) is 11.9 Å². The molecule has 0 fully saturated rings. The number of nitriles is 1. The molecule has 1 aromatic carbocycles. The van der Waals surface area contributed by atoms with Gasteiger partial charge < -0.3 is 10.1 Å². The number of nitrogens with one attached hydrogen (secondary N) is 1. The van der Waals surface area contributed by atoms with Crippen molar-refractivity contribution in [2.24, 2.45) is 0 Å². The molecule has 19 heavy (non-hydrogen) atoms. The van der Waals surface area contributed by atoms with Crippen molar-refractivity contribution in [2.45, 2.75) is 13.5 Å². The lowest BCUT2D eigenvalue weighted by Crippen LogP contribution is -2.04.